The molecule has 2 rings (SSSR count). The molecule has 0 unspecified atom stereocenters. The quantitative estimate of drug-likeness (QED) is 0.912. The summed E-state index contributed by atoms with van der Waals surface area (Å²) in [5.41, 5.74) is 3.64. The van der Waals surface area contributed by atoms with Gasteiger partial charge in [-0.1, -0.05) is 6.07 Å². The van der Waals surface area contributed by atoms with Gasteiger partial charge >= 0.3 is 0 Å². The Balaban J connectivity index is 1.98. The Morgan fingerprint density at radius 2 is 1.81 bits per heavy atom. The molecule has 0 saturated carbocycles. The zero-order valence-corrected chi connectivity index (χ0v) is 13.0. The number of anilines is 2. The minimum atomic E-state index is -0.171. The molecule has 1 heterocycles. The van der Waals surface area contributed by atoms with Gasteiger partial charge in [0, 0.05) is 18.0 Å². The van der Waals surface area contributed by atoms with E-state index < -0.39 is 0 Å². The van der Waals surface area contributed by atoms with Crippen molar-refractivity contribution in [3.8, 4) is 0 Å². The number of hydrogen-bond donors (Lipinski definition) is 2. The van der Waals surface area contributed by atoms with E-state index in [2.05, 4.69) is 21.7 Å². The van der Waals surface area contributed by atoms with E-state index in [1.54, 1.807) is 5.38 Å². The monoisotopic (exact) mass is 303 g/mol. The molecule has 110 valence electrons. The van der Waals surface area contributed by atoms with Crippen LogP contribution in [0.2, 0.25) is 0 Å². The number of amides is 2. The van der Waals surface area contributed by atoms with Crippen LogP contribution in [-0.4, -0.2) is 16.8 Å². The molecule has 0 aliphatic carbocycles. The van der Waals surface area contributed by atoms with Crippen LogP contribution < -0.4 is 10.6 Å². The van der Waals surface area contributed by atoms with Gasteiger partial charge in [0.25, 0.3) is 0 Å². The Kier molecular flexibility index (Phi) is 4.70. The first-order chi connectivity index (χ1) is 9.92. The van der Waals surface area contributed by atoms with Crippen LogP contribution in [0.5, 0.6) is 0 Å². The first-order valence-electron chi connectivity index (χ1n) is 6.52. The second-order valence-corrected chi connectivity index (χ2v) is 5.78. The Morgan fingerprint density at radius 1 is 1.14 bits per heavy atom. The van der Waals surface area contributed by atoms with Crippen molar-refractivity contribution in [2.45, 2.75) is 27.2 Å². The number of carbonyl (C=O) groups is 2. The predicted molar refractivity (Wildman–Crippen MR) is 84.7 cm³/mol. The lowest BCUT2D eigenvalue weighted by atomic mass is 10.1. The number of aromatic nitrogens is 1. The summed E-state index contributed by atoms with van der Waals surface area (Å²) in [5.74, 6) is -0.296. The summed E-state index contributed by atoms with van der Waals surface area (Å²) in [7, 11) is 0. The van der Waals surface area contributed by atoms with E-state index in [0.29, 0.717) is 10.8 Å². The molecule has 0 bridgehead atoms. The first-order valence-corrected chi connectivity index (χ1v) is 7.40. The van der Waals surface area contributed by atoms with Gasteiger partial charge in [-0.3, -0.25) is 9.59 Å². The summed E-state index contributed by atoms with van der Waals surface area (Å²) in [4.78, 5) is 27.1. The maximum Gasteiger partial charge on any atom is 0.230 e. The molecule has 21 heavy (non-hydrogen) atoms. The maximum absolute atomic E-state index is 12.0. The van der Waals surface area contributed by atoms with Crippen molar-refractivity contribution in [2.75, 3.05) is 10.6 Å². The van der Waals surface area contributed by atoms with Crippen molar-refractivity contribution in [1.82, 2.24) is 4.98 Å². The second kappa shape index (κ2) is 6.49. The zero-order chi connectivity index (χ0) is 15.4. The van der Waals surface area contributed by atoms with Crippen molar-refractivity contribution >= 4 is 34.0 Å². The number of hydrogen-bond acceptors (Lipinski definition) is 4. The highest BCUT2D eigenvalue weighted by atomic mass is 32.1. The van der Waals surface area contributed by atoms with Crippen LogP contribution in [0, 0.1) is 13.8 Å². The number of thiazole rings is 1. The number of nitrogens with one attached hydrogen (secondary N) is 2. The van der Waals surface area contributed by atoms with Crippen LogP contribution >= 0.6 is 11.3 Å². The van der Waals surface area contributed by atoms with E-state index in [-0.39, 0.29) is 18.2 Å². The Morgan fingerprint density at radius 3 is 2.43 bits per heavy atom. The molecule has 0 aliphatic rings. The van der Waals surface area contributed by atoms with Gasteiger partial charge in [0.05, 0.1) is 12.1 Å². The molecule has 6 heteroatoms. The summed E-state index contributed by atoms with van der Waals surface area (Å²) in [6, 6.07) is 5.90. The molecule has 2 amide bonds. The predicted octanol–water partition coefficient (Wildman–Crippen LogP) is 2.90. The Hall–Kier alpha value is -2.21. The van der Waals surface area contributed by atoms with Gasteiger partial charge in [-0.2, -0.15) is 0 Å². The fraction of sp³-hybridized carbons (Fsp3) is 0.267. The molecule has 2 N–H and O–H groups in total. The van der Waals surface area contributed by atoms with Crippen LogP contribution in [-0.2, 0) is 16.0 Å². The average Bonchev–Trinajstić information content (AvgIpc) is 2.73. The van der Waals surface area contributed by atoms with E-state index in [0.717, 1.165) is 16.8 Å². The number of benzene rings is 1. The van der Waals surface area contributed by atoms with Gasteiger partial charge in [-0.05, 0) is 37.1 Å². The SMILES string of the molecule is CC(=O)Nc1nc(CC(=O)Nc2cc(C)cc(C)c2)cs1. The van der Waals surface area contributed by atoms with Gasteiger partial charge in [0.15, 0.2) is 5.13 Å². The van der Waals surface area contributed by atoms with Gasteiger partial charge < -0.3 is 10.6 Å². The fourth-order valence-electron chi connectivity index (χ4n) is 2.01. The van der Waals surface area contributed by atoms with Crippen LogP contribution in [0.15, 0.2) is 23.6 Å². The van der Waals surface area contributed by atoms with Crippen molar-refractivity contribution < 1.29 is 9.59 Å². The van der Waals surface area contributed by atoms with Crippen molar-refractivity contribution in [3.05, 3.63) is 40.4 Å². The molecular weight excluding hydrogens is 286 g/mol. The minimum Gasteiger partial charge on any atom is -0.326 e. The van der Waals surface area contributed by atoms with Crippen LogP contribution in [0.25, 0.3) is 0 Å². The van der Waals surface area contributed by atoms with Crippen molar-refractivity contribution in [3.63, 3.8) is 0 Å². The summed E-state index contributed by atoms with van der Waals surface area (Å²) >= 11 is 1.31. The third-order valence-corrected chi connectivity index (χ3v) is 3.49. The topological polar surface area (TPSA) is 71.1 Å². The Labute approximate surface area is 127 Å². The molecule has 1 aromatic carbocycles. The molecule has 1 aromatic heterocycles. The van der Waals surface area contributed by atoms with E-state index in [9.17, 15) is 9.59 Å². The number of rotatable bonds is 4. The molecule has 0 fully saturated rings. The molecular formula is C15H17N3O2S. The van der Waals surface area contributed by atoms with Gasteiger partial charge in [-0.25, -0.2) is 4.98 Å². The third kappa shape index (κ3) is 4.68. The third-order valence-electron chi connectivity index (χ3n) is 2.68. The summed E-state index contributed by atoms with van der Waals surface area (Å²) in [6.45, 7) is 5.40. The highest BCUT2D eigenvalue weighted by Gasteiger charge is 2.09. The highest BCUT2D eigenvalue weighted by Crippen LogP contribution is 2.17. The number of carbonyl (C=O) groups excluding carboxylic acids is 2. The highest BCUT2D eigenvalue weighted by molar-refractivity contribution is 7.13. The van der Waals surface area contributed by atoms with Gasteiger partial charge in [0.2, 0.25) is 11.8 Å². The molecule has 0 spiro atoms. The van der Waals surface area contributed by atoms with Crippen molar-refractivity contribution in [2.24, 2.45) is 0 Å². The smallest absolute Gasteiger partial charge is 0.230 e. The summed E-state index contributed by atoms with van der Waals surface area (Å²) in [6.07, 6.45) is 0.184. The minimum absolute atomic E-state index is 0.125. The molecule has 5 nitrogen and oxygen atoms in total. The molecule has 0 saturated heterocycles. The van der Waals surface area contributed by atoms with E-state index in [1.807, 2.05) is 26.0 Å². The fourth-order valence-corrected chi connectivity index (χ4v) is 2.77. The summed E-state index contributed by atoms with van der Waals surface area (Å²) in [5, 5.41) is 7.74. The lowest BCUT2D eigenvalue weighted by molar-refractivity contribution is -0.116. The Bertz CT molecular complexity index is 659. The molecule has 2 aromatic rings. The lowest BCUT2D eigenvalue weighted by Crippen LogP contribution is -2.15. The van der Waals surface area contributed by atoms with Crippen LogP contribution in [0.4, 0.5) is 10.8 Å². The molecule has 0 radical (unpaired) electrons. The van der Waals surface area contributed by atoms with Crippen molar-refractivity contribution in [1.29, 1.82) is 0 Å². The standard InChI is InChI=1S/C15H17N3O2S/c1-9-4-10(2)6-12(5-9)17-14(20)7-13-8-21-15(18-13)16-11(3)19/h4-6,8H,7H2,1-3H3,(H,17,20)(H,16,18,19). The van der Waals surface area contributed by atoms with E-state index in [1.165, 1.54) is 18.3 Å². The lowest BCUT2D eigenvalue weighted by Gasteiger charge is -2.06. The largest absolute Gasteiger partial charge is 0.326 e. The maximum atomic E-state index is 12.0. The van der Waals surface area contributed by atoms with Crippen LogP contribution in [0.3, 0.4) is 0 Å². The average molecular weight is 303 g/mol. The van der Waals surface area contributed by atoms with Crippen LogP contribution in [0.1, 0.15) is 23.7 Å². The molecule has 0 aliphatic heterocycles. The zero-order valence-electron chi connectivity index (χ0n) is 12.2. The number of nitrogens with zero attached hydrogens (tertiary/aromatic N) is 1. The molecule has 0 atom stereocenters. The van der Waals surface area contributed by atoms with E-state index in [4.69, 9.17) is 0 Å². The normalized spacial score (nSPS) is 10.2. The first kappa shape index (κ1) is 15.2. The van der Waals surface area contributed by atoms with E-state index >= 15 is 0 Å². The number of aryl methyl sites for hydroxylation is 2. The summed E-state index contributed by atoms with van der Waals surface area (Å²) < 4.78 is 0. The second-order valence-electron chi connectivity index (χ2n) is 4.93. The van der Waals surface area contributed by atoms with Gasteiger partial charge in [-0.15, -0.1) is 11.3 Å². The van der Waals surface area contributed by atoms with Gasteiger partial charge in [0.1, 0.15) is 0 Å².